The van der Waals surface area contributed by atoms with Gasteiger partial charge in [-0.1, -0.05) is 0 Å². The lowest BCUT2D eigenvalue weighted by Crippen LogP contribution is -2.10. The molecule has 0 aliphatic heterocycles. The first kappa shape index (κ1) is 11.5. The molecule has 4 N–H and O–H groups in total. The van der Waals surface area contributed by atoms with Crippen LogP contribution in [0.4, 0.5) is 15.8 Å². The van der Waals surface area contributed by atoms with Crippen LogP contribution >= 0.6 is 0 Å². The van der Waals surface area contributed by atoms with Crippen LogP contribution in [-0.2, 0) is 4.74 Å². The lowest BCUT2D eigenvalue weighted by Gasteiger charge is -2.10. The number of hydrogen-bond acceptors (Lipinski definition) is 4. The van der Waals surface area contributed by atoms with Crippen molar-refractivity contribution >= 4 is 17.6 Å². The maximum absolute atomic E-state index is 13.1. The summed E-state index contributed by atoms with van der Waals surface area (Å²) in [4.78, 5) is 0. The Balaban J connectivity index is 2.85. The summed E-state index contributed by atoms with van der Waals surface area (Å²) in [7, 11) is 1.60. The van der Waals surface area contributed by atoms with Gasteiger partial charge in [0.2, 0.25) is 0 Å². The molecule has 1 aromatic carbocycles. The topological polar surface area (TPSA) is 71.1 Å². The Kier molecular flexibility index (Phi) is 4.05. The minimum atomic E-state index is -0.509. The number of benzene rings is 1. The zero-order valence-corrected chi connectivity index (χ0v) is 8.51. The molecule has 0 saturated carbocycles. The summed E-state index contributed by atoms with van der Waals surface area (Å²) >= 11 is 0. The third-order valence-corrected chi connectivity index (χ3v) is 1.95. The van der Waals surface area contributed by atoms with Crippen LogP contribution in [0.3, 0.4) is 0 Å². The molecule has 0 bridgehead atoms. The van der Waals surface area contributed by atoms with E-state index in [1.807, 2.05) is 0 Å². The van der Waals surface area contributed by atoms with Gasteiger partial charge in [0.15, 0.2) is 0 Å². The highest BCUT2D eigenvalue weighted by atomic mass is 19.1. The monoisotopic (exact) mass is 211 g/mol. The van der Waals surface area contributed by atoms with Crippen LogP contribution in [0, 0.1) is 11.2 Å². The van der Waals surface area contributed by atoms with Crippen molar-refractivity contribution in [1.29, 1.82) is 5.41 Å². The number of hydrogen-bond donors (Lipinski definition) is 3. The molecule has 0 amide bonds. The Bertz CT molecular complexity index is 355. The van der Waals surface area contributed by atoms with Gasteiger partial charge in [-0.3, -0.25) is 0 Å². The zero-order chi connectivity index (χ0) is 11.3. The van der Waals surface area contributed by atoms with E-state index in [1.54, 1.807) is 7.11 Å². The predicted molar refractivity (Wildman–Crippen MR) is 59.1 cm³/mol. The Morgan fingerprint density at radius 3 is 2.93 bits per heavy atom. The van der Waals surface area contributed by atoms with Crippen molar-refractivity contribution in [3.8, 4) is 0 Å². The molecule has 0 fully saturated rings. The van der Waals surface area contributed by atoms with Crippen LogP contribution in [-0.4, -0.2) is 26.5 Å². The van der Waals surface area contributed by atoms with Crippen LogP contribution < -0.4 is 11.1 Å². The van der Waals surface area contributed by atoms with Crippen LogP contribution in [0.25, 0.3) is 0 Å². The van der Waals surface area contributed by atoms with E-state index in [-0.39, 0.29) is 5.69 Å². The summed E-state index contributed by atoms with van der Waals surface area (Å²) in [6.07, 6.45) is 1.08. The average molecular weight is 211 g/mol. The fourth-order valence-corrected chi connectivity index (χ4v) is 1.17. The van der Waals surface area contributed by atoms with Crippen LogP contribution in [0.1, 0.15) is 5.56 Å². The highest BCUT2D eigenvalue weighted by molar-refractivity contribution is 5.87. The molecule has 1 aromatic rings. The van der Waals surface area contributed by atoms with E-state index in [1.165, 1.54) is 12.1 Å². The predicted octanol–water partition coefficient (Wildman–Crippen LogP) is 1.46. The number of rotatable bonds is 5. The third kappa shape index (κ3) is 2.92. The van der Waals surface area contributed by atoms with E-state index < -0.39 is 5.82 Å². The van der Waals surface area contributed by atoms with Crippen molar-refractivity contribution in [2.75, 3.05) is 31.3 Å². The number of methoxy groups -OCH3 is 1. The summed E-state index contributed by atoms with van der Waals surface area (Å²) in [6.45, 7) is 1.12. The Labute approximate surface area is 87.7 Å². The van der Waals surface area contributed by atoms with Gasteiger partial charge >= 0.3 is 0 Å². The van der Waals surface area contributed by atoms with E-state index in [9.17, 15) is 4.39 Å². The molecule has 82 valence electrons. The number of ether oxygens (including phenoxy) is 1. The molecule has 0 heterocycles. The number of anilines is 2. The number of nitrogen functional groups attached to an aromatic ring is 1. The summed E-state index contributed by atoms with van der Waals surface area (Å²) in [5.41, 5.74) is 6.61. The molecular formula is C10H14FN3O. The SMILES string of the molecule is COCCNc1cc(N)c(F)cc1C=N. The van der Waals surface area contributed by atoms with E-state index >= 15 is 0 Å². The molecular weight excluding hydrogens is 197 g/mol. The van der Waals surface area contributed by atoms with Crippen molar-refractivity contribution < 1.29 is 9.13 Å². The molecule has 0 radical (unpaired) electrons. The molecule has 0 aromatic heterocycles. The van der Waals surface area contributed by atoms with Gasteiger partial charge in [0.1, 0.15) is 5.82 Å². The second-order valence-electron chi connectivity index (χ2n) is 3.02. The van der Waals surface area contributed by atoms with E-state index in [0.29, 0.717) is 24.4 Å². The highest BCUT2D eigenvalue weighted by Gasteiger charge is 2.05. The molecule has 0 saturated heterocycles. The highest BCUT2D eigenvalue weighted by Crippen LogP contribution is 2.20. The number of halogens is 1. The fourth-order valence-electron chi connectivity index (χ4n) is 1.17. The molecule has 0 aliphatic carbocycles. The van der Waals surface area contributed by atoms with Gasteiger partial charge < -0.3 is 21.2 Å². The summed E-state index contributed by atoms with van der Waals surface area (Å²) in [6, 6.07) is 2.71. The summed E-state index contributed by atoms with van der Waals surface area (Å²) < 4.78 is 17.9. The van der Waals surface area contributed by atoms with Gasteiger partial charge in [-0.05, 0) is 12.1 Å². The van der Waals surface area contributed by atoms with Gasteiger partial charge in [-0.25, -0.2) is 4.39 Å². The van der Waals surface area contributed by atoms with Crippen LogP contribution in [0.5, 0.6) is 0 Å². The Morgan fingerprint density at radius 2 is 2.33 bits per heavy atom. The minimum absolute atomic E-state index is 0.0699. The van der Waals surface area contributed by atoms with Crippen LogP contribution in [0.2, 0.25) is 0 Å². The van der Waals surface area contributed by atoms with E-state index in [2.05, 4.69) is 5.32 Å². The van der Waals surface area contributed by atoms with Gasteiger partial charge in [-0.2, -0.15) is 0 Å². The zero-order valence-electron chi connectivity index (χ0n) is 8.51. The smallest absolute Gasteiger partial charge is 0.146 e. The molecule has 15 heavy (non-hydrogen) atoms. The van der Waals surface area contributed by atoms with Gasteiger partial charge in [-0.15, -0.1) is 0 Å². The molecule has 0 aliphatic rings. The fraction of sp³-hybridized carbons (Fsp3) is 0.300. The maximum Gasteiger partial charge on any atom is 0.146 e. The first-order valence-electron chi connectivity index (χ1n) is 4.51. The minimum Gasteiger partial charge on any atom is -0.396 e. The lowest BCUT2D eigenvalue weighted by molar-refractivity contribution is 0.211. The number of nitrogens with two attached hydrogens (primary N) is 1. The maximum atomic E-state index is 13.1. The quantitative estimate of drug-likeness (QED) is 0.392. The van der Waals surface area contributed by atoms with Gasteiger partial charge in [0.05, 0.1) is 12.3 Å². The van der Waals surface area contributed by atoms with Gasteiger partial charge in [0.25, 0.3) is 0 Å². The molecule has 0 atom stereocenters. The van der Waals surface area contributed by atoms with Crippen molar-refractivity contribution in [3.63, 3.8) is 0 Å². The van der Waals surface area contributed by atoms with Crippen molar-refractivity contribution in [1.82, 2.24) is 0 Å². The molecule has 0 unspecified atom stereocenters. The second kappa shape index (κ2) is 5.31. The van der Waals surface area contributed by atoms with Crippen LogP contribution in [0.15, 0.2) is 12.1 Å². The Morgan fingerprint density at radius 1 is 1.60 bits per heavy atom. The largest absolute Gasteiger partial charge is 0.396 e. The molecule has 4 nitrogen and oxygen atoms in total. The summed E-state index contributed by atoms with van der Waals surface area (Å²) in [5, 5.41) is 10.1. The van der Waals surface area contributed by atoms with Gasteiger partial charge in [0, 0.05) is 31.1 Å². The normalized spacial score (nSPS) is 10.0. The standard InChI is InChI=1S/C10H14FN3O/c1-15-3-2-14-10-5-9(13)8(11)4-7(10)6-12/h4-6,12,14H,2-3,13H2,1H3. The second-order valence-corrected chi connectivity index (χ2v) is 3.02. The first-order valence-corrected chi connectivity index (χ1v) is 4.51. The molecule has 1 rings (SSSR count). The lowest BCUT2D eigenvalue weighted by atomic mass is 10.1. The average Bonchev–Trinajstić information content (AvgIpc) is 2.23. The number of nitrogens with one attached hydrogen (secondary N) is 2. The first-order chi connectivity index (χ1) is 7.19. The molecule has 0 spiro atoms. The third-order valence-electron chi connectivity index (χ3n) is 1.95. The van der Waals surface area contributed by atoms with E-state index in [0.717, 1.165) is 6.21 Å². The van der Waals surface area contributed by atoms with Crippen molar-refractivity contribution in [2.45, 2.75) is 0 Å². The van der Waals surface area contributed by atoms with E-state index in [4.69, 9.17) is 15.9 Å². The molecule has 5 heteroatoms. The summed E-state index contributed by atoms with van der Waals surface area (Å²) in [5.74, 6) is -0.509. The van der Waals surface area contributed by atoms with Crippen molar-refractivity contribution in [3.05, 3.63) is 23.5 Å². The Hall–Kier alpha value is -1.62. The van der Waals surface area contributed by atoms with Crippen molar-refractivity contribution in [2.24, 2.45) is 0 Å².